The van der Waals surface area contributed by atoms with Crippen LogP contribution in [0, 0.1) is 13.8 Å². The number of thiocarbonyl (C=S) groups is 1. The molecule has 1 aliphatic heterocycles. The van der Waals surface area contributed by atoms with Crippen molar-refractivity contribution in [2.75, 3.05) is 12.0 Å². The highest BCUT2D eigenvalue weighted by atomic mass is 35.5. The number of carbonyl (C=O) groups is 1. The fraction of sp³-hybridized carbons (Fsp3) is 0.154. The van der Waals surface area contributed by atoms with Crippen LogP contribution in [-0.4, -0.2) is 18.1 Å². The van der Waals surface area contributed by atoms with Gasteiger partial charge in [0.2, 0.25) is 0 Å². The molecule has 5 nitrogen and oxygen atoms in total. The van der Waals surface area contributed by atoms with Gasteiger partial charge in [-0.3, -0.25) is 9.69 Å². The summed E-state index contributed by atoms with van der Waals surface area (Å²) in [6.45, 7) is 4.18. The zero-order valence-electron chi connectivity index (χ0n) is 18.5. The van der Waals surface area contributed by atoms with Gasteiger partial charge in [-0.1, -0.05) is 35.9 Å². The van der Waals surface area contributed by atoms with Gasteiger partial charge >= 0.3 is 0 Å². The minimum atomic E-state index is -0.195. The highest BCUT2D eigenvalue weighted by molar-refractivity contribution is 7.80. The standard InChI is InChI=1S/C26H23ClN2O3S/c1-16-6-4-5-7-23(16)29-25(30)22(28-26(29)33)14-18-8-11-24(31-3)19(13-18)15-32-20-9-10-21(27)17(2)12-20/h4-14H,15H2,1-3H3,(H,28,33)/b22-14+. The Hall–Kier alpha value is -3.35. The van der Waals surface area contributed by atoms with Crippen LogP contribution in [0.3, 0.4) is 0 Å². The van der Waals surface area contributed by atoms with Crippen LogP contribution < -0.4 is 19.7 Å². The van der Waals surface area contributed by atoms with Gasteiger partial charge in [0.05, 0.1) is 12.8 Å². The van der Waals surface area contributed by atoms with Gasteiger partial charge in [-0.25, -0.2) is 0 Å². The summed E-state index contributed by atoms with van der Waals surface area (Å²) in [7, 11) is 1.62. The van der Waals surface area contributed by atoms with Crippen LogP contribution in [0.25, 0.3) is 6.08 Å². The van der Waals surface area contributed by atoms with E-state index < -0.39 is 0 Å². The van der Waals surface area contributed by atoms with Gasteiger partial charge in [0.1, 0.15) is 23.8 Å². The molecule has 3 aromatic carbocycles. The van der Waals surface area contributed by atoms with E-state index in [2.05, 4.69) is 5.32 Å². The summed E-state index contributed by atoms with van der Waals surface area (Å²) in [6.07, 6.45) is 1.78. The molecule has 1 N–H and O–H groups in total. The minimum absolute atomic E-state index is 0.195. The third kappa shape index (κ3) is 4.87. The number of nitrogens with zero attached hydrogens (tertiary/aromatic N) is 1. The second kappa shape index (κ2) is 9.65. The molecule has 0 atom stereocenters. The molecule has 3 aromatic rings. The molecular formula is C26H23ClN2O3S. The number of benzene rings is 3. The highest BCUT2D eigenvalue weighted by Crippen LogP contribution is 2.28. The molecule has 1 aliphatic rings. The monoisotopic (exact) mass is 478 g/mol. The summed E-state index contributed by atoms with van der Waals surface area (Å²) in [5, 5.41) is 4.09. The Balaban J connectivity index is 1.58. The first kappa shape index (κ1) is 22.8. The van der Waals surface area contributed by atoms with Crippen molar-refractivity contribution in [3.63, 3.8) is 0 Å². The second-order valence-corrected chi connectivity index (χ2v) is 8.48. The predicted molar refractivity (Wildman–Crippen MR) is 136 cm³/mol. The first-order valence-electron chi connectivity index (χ1n) is 10.4. The summed E-state index contributed by atoms with van der Waals surface area (Å²) in [6, 6.07) is 18.9. The van der Waals surface area contributed by atoms with Gasteiger partial charge in [0.15, 0.2) is 5.11 Å². The summed E-state index contributed by atoms with van der Waals surface area (Å²) in [5.41, 5.74) is 4.77. The van der Waals surface area contributed by atoms with E-state index in [4.69, 9.17) is 33.3 Å². The lowest BCUT2D eigenvalue weighted by Crippen LogP contribution is -2.30. The first-order chi connectivity index (χ1) is 15.9. The number of halogens is 1. The molecule has 0 bridgehead atoms. The fourth-order valence-electron chi connectivity index (χ4n) is 3.60. The molecule has 33 heavy (non-hydrogen) atoms. The molecule has 1 heterocycles. The average Bonchev–Trinajstić information content (AvgIpc) is 3.07. The van der Waals surface area contributed by atoms with E-state index in [1.54, 1.807) is 13.2 Å². The van der Waals surface area contributed by atoms with Crippen LogP contribution in [0.5, 0.6) is 11.5 Å². The van der Waals surface area contributed by atoms with E-state index in [9.17, 15) is 4.79 Å². The third-order valence-corrected chi connectivity index (χ3v) is 6.08. The summed E-state index contributed by atoms with van der Waals surface area (Å²) in [4.78, 5) is 14.6. The molecule has 4 rings (SSSR count). The number of carbonyl (C=O) groups excluding carboxylic acids is 1. The van der Waals surface area contributed by atoms with E-state index >= 15 is 0 Å². The average molecular weight is 479 g/mol. The maximum atomic E-state index is 13.1. The molecule has 1 amide bonds. The summed E-state index contributed by atoms with van der Waals surface area (Å²) < 4.78 is 11.4. The number of hydrogen-bond acceptors (Lipinski definition) is 4. The molecule has 1 saturated heterocycles. The van der Waals surface area contributed by atoms with Crippen LogP contribution in [0.4, 0.5) is 5.69 Å². The molecule has 168 valence electrons. The summed E-state index contributed by atoms with van der Waals surface area (Å²) in [5.74, 6) is 1.22. The Kier molecular flexibility index (Phi) is 6.67. The van der Waals surface area contributed by atoms with Crippen molar-refractivity contribution in [3.05, 3.63) is 93.6 Å². The molecule has 7 heteroatoms. The van der Waals surface area contributed by atoms with Gasteiger partial charge in [-0.2, -0.15) is 0 Å². The molecule has 1 fully saturated rings. The maximum Gasteiger partial charge on any atom is 0.281 e. The van der Waals surface area contributed by atoms with Crippen molar-refractivity contribution in [2.24, 2.45) is 0 Å². The number of hydrogen-bond donors (Lipinski definition) is 1. The molecular weight excluding hydrogens is 456 g/mol. The Morgan fingerprint density at radius 2 is 1.85 bits per heavy atom. The second-order valence-electron chi connectivity index (χ2n) is 7.69. The largest absolute Gasteiger partial charge is 0.496 e. The quantitative estimate of drug-likeness (QED) is 0.358. The first-order valence-corrected chi connectivity index (χ1v) is 11.1. The normalized spacial score (nSPS) is 14.5. The topological polar surface area (TPSA) is 50.8 Å². The molecule has 0 unspecified atom stereocenters. The maximum absolute atomic E-state index is 13.1. The van der Waals surface area contributed by atoms with Gasteiger partial charge in [-0.15, -0.1) is 0 Å². The molecule has 0 aliphatic carbocycles. The molecule has 0 radical (unpaired) electrons. The SMILES string of the molecule is COc1ccc(/C=C2/NC(=S)N(c3ccccc3C)C2=O)cc1COc1ccc(Cl)c(C)c1. The van der Waals surface area contributed by atoms with E-state index in [1.807, 2.05) is 74.5 Å². The van der Waals surface area contributed by atoms with Gasteiger partial charge < -0.3 is 14.8 Å². The Morgan fingerprint density at radius 3 is 2.58 bits per heavy atom. The van der Waals surface area contributed by atoms with Crippen LogP contribution in [0.1, 0.15) is 22.3 Å². The predicted octanol–water partition coefficient (Wildman–Crippen LogP) is 5.81. The number of anilines is 1. The number of ether oxygens (including phenoxy) is 2. The number of para-hydroxylation sites is 1. The van der Waals surface area contributed by atoms with Crippen LogP contribution in [-0.2, 0) is 11.4 Å². The van der Waals surface area contributed by atoms with Gasteiger partial charge in [-0.05, 0) is 85.2 Å². The number of nitrogens with one attached hydrogen (secondary N) is 1. The number of methoxy groups -OCH3 is 1. The fourth-order valence-corrected chi connectivity index (χ4v) is 4.01. The summed E-state index contributed by atoms with van der Waals surface area (Å²) >= 11 is 11.5. The number of rotatable bonds is 6. The minimum Gasteiger partial charge on any atom is -0.496 e. The van der Waals surface area contributed by atoms with Crippen molar-refractivity contribution >= 4 is 46.6 Å². The Morgan fingerprint density at radius 1 is 1.06 bits per heavy atom. The zero-order valence-corrected chi connectivity index (χ0v) is 20.1. The van der Waals surface area contributed by atoms with Crippen LogP contribution in [0.2, 0.25) is 5.02 Å². The molecule has 0 spiro atoms. The lowest BCUT2D eigenvalue weighted by molar-refractivity contribution is -0.113. The van der Waals surface area contributed by atoms with E-state index in [-0.39, 0.29) is 5.91 Å². The van der Waals surface area contributed by atoms with Crippen molar-refractivity contribution in [1.29, 1.82) is 0 Å². The van der Waals surface area contributed by atoms with E-state index in [1.165, 1.54) is 4.90 Å². The number of aryl methyl sites for hydroxylation is 2. The van der Waals surface area contributed by atoms with Crippen LogP contribution >= 0.6 is 23.8 Å². The lowest BCUT2D eigenvalue weighted by Gasteiger charge is -2.16. The van der Waals surface area contributed by atoms with Crippen molar-refractivity contribution in [2.45, 2.75) is 20.5 Å². The Labute approximate surface area is 203 Å². The highest BCUT2D eigenvalue weighted by Gasteiger charge is 2.32. The Bertz CT molecular complexity index is 1270. The van der Waals surface area contributed by atoms with Gasteiger partial charge in [0.25, 0.3) is 5.91 Å². The lowest BCUT2D eigenvalue weighted by atomic mass is 10.1. The zero-order chi connectivity index (χ0) is 23.5. The molecule has 0 saturated carbocycles. The van der Waals surface area contributed by atoms with Crippen molar-refractivity contribution < 1.29 is 14.3 Å². The smallest absolute Gasteiger partial charge is 0.281 e. The third-order valence-electron chi connectivity index (χ3n) is 5.37. The van der Waals surface area contributed by atoms with Gasteiger partial charge in [0, 0.05) is 10.6 Å². The van der Waals surface area contributed by atoms with Crippen LogP contribution in [0.15, 0.2) is 66.4 Å². The van der Waals surface area contributed by atoms with E-state index in [0.717, 1.165) is 33.7 Å². The molecule has 0 aromatic heterocycles. The van der Waals surface area contributed by atoms with Crippen molar-refractivity contribution in [1.82, 2.24) is 5.32 Å². The number of amides is 1. The van der Waals surface area contributed by atoms with E-state index in [0.29, 0.717) is 28.2 Å². The van der Waals surface area contributed by atoms with Crippen molar-refractivity contribution in [3.8, 4) is 11.5 Å².